The number of ketones is 1. The Morgan fingerprint density at radius 3 is 2.27 bits per heavy atom. The minimum Gasteiger partial charge on any atom is -0.390 e. The van der Waals surface area contributed by atoms with Crippen LogP contribution in [-0.2, 0) is 4.79 Å². The number of carbonyl (C=O) groups excluding carboxylic acids is 1. The number of benzene rings is 1. The topological polar surface area (TPSA) is 37.3 Å². The molecule has 5 rings (SSSR count). The van der Waals surface area contributed by atoms with E-state index in [1.807, 2.05) is 6.07 Å². The smallest absolute Gasteiger partial charge is 0.159 e. The zero-order valence-electron chi connectivity index (χ0n) is 19.2. The molecule has 0 spiro atoms. The van der Waals surface area contributed by atoms with Crippen molar-refractivity contribution < 1.29 is 9.90 Å². The fourth-order valence-corrected chi connectivity index (χ4v) is 8.42. The maximum Gasteiger partial charge on any atom is 0.159 e. The van der Waals surface area contributed by atoms with Crippen molar-refractivity contribution in [3.8, 4) is 0 Å². The molecule has 4 saturated carbocycles. The summed E-state index contributed by atoms with van der Waals surface area (Å²) in [6.45, 7) is 9.36. The highest BCUT2D eigenvalue weighted by Crippen LogP contribution is 2.71. The Balaban J connectivity index is 1.50. The molecular formula is C28H38O2. The summed E-state index contributed by atoms with van der Waals surface area (Å²) < 4.78 is 0. The third-order valence-electron chi connectivity index (χ3n) is 10.8. The quantitative estimate of drug-likeness (QED) is 0.545. The van der Waals surface area contributed by atoms with Crippen LogP contribution in [-0.4, -0.2) is 16.5 Å². The Hall–Kier alpha value is -1.41. The van der Waals surface area contributed by atoms with Gasteiger partial charge in [-0.25, -0.2) is 0 Å². The molecule has 0 amide bonds. The van der Waals surface area contributed by atoms with Gasteiger partial charge in [0.05, 0.1) is 5.60 Å². The van der Waals surface area contributed by atoms with Crippen LogP contribution in [0.1, 0.15) is 84.6 Å². The Morgan fingerprint density at radius 2 is 1.53 bits per heavy atom. The van der Waals surface area contributed by atoms with Crippen LogP contribution >= 0.6 is 0 Å². The molecule has 7 atom stereocenters. The van der Waals surface area contributed by atoms with Crippen LogP contribution in [0.15, 0.2) is 35.9 Å². The van der Waals surface area contributed by atoms with Crippen LogP contribution < -0.4 is 0 Å². The van der Waals surface area contributed by atoms with Gasteiger partial charge in [0, 0.05) is 6.42 Å². The van der Waals surface area contributed by atoms with Crippen molar-refractivity contribution in [2.24, 2.45) is 34.0 Å². The number of hydrogen-bond donors (Lipinski definition) is 1. The van der Waals surface area contributed by atoms with Gasteiger partial charge in [0.2, 0.25) is 0 Å². The van der Waals surface area contributed by atoms with E-state index in [4.69, 9.17) is 0 Å². The summed E-state index contributed by atoms with van der Waals surface area (Å²) in [5, 5.41) is 11.2. The lowest BCUT2D eigenvalue weighted by molar-refractivity contribution is -0.169. The van der Waals surface area contributed by atoms with Gasteiger partial charge in [-0.15, -0.1) is 0 Å². The van der Waals surface area contributed by atoms with E-state index in [9.17, 15) is 9.90 Å². The number of rotatable bonds is 1. The van der Waals surface area contributed by atoms with Crippen LogP contribution in [0.5, 0.6) is 0 Å². The third-order valence-corrected chi connectivity index (χ3v) is 10.8. The zero-order chi connectivity index (χ0) is 21.4. The molecule has 1 N–H and O–H groups in total. The number of aliphatic hydroxyl groups is 1. The second-order valence-electron chi connectivity index (χ2n) is 12.0. The number of carbonyl (C=O) groups is 1. The van der Waals surface area contributed by atoms with Crippen LogP contribution in [0, 0.1) is 34.0 Å². The summed E-state index contributed by atoms with van der Waals surface area (Å²) >= 11 is 0. The van der Waals surface area contributed by atoms with Gasteiger partial charge < -0.3 is 5.11 Å². The molecule has 4 aliphatic carbocycles. The lowest BCUT2D eigenvalue weighted by Gasteiger charge is -2.64. The highest BCUT2D eigenvalue weighted by Gasteiger charge is 2.65. The lowest BCUT2D eigenvalue weighted by atomic mass is 9.40. The predicted molar refractivity (Wildman–Crippen MR) is 122 cm³/mol. The van der Waals surface area contributed by atoms with E-state index in [-0.39, 0.29) is 16.2 Å². The molecule has 1 aromatic carbocycles. The van der Waals surface area contributed by atoms with E-state index in [1.54, 1.807) is 0 Å². The molecule has 4 aliphatic rings. The summed E-state index contributed by atoms with van der Waals surface area (Å²) in [6, 6.07) is 10.3. The SMILES string of the molecule is C[C@@]12CC[C@H]3[C@@H](CC[C@@]4(C)[C@H]3CC[C@]4(C)O)[C@]1(C)C/C(=C\c1ccccc1)C(=O)C2. The van der Waals surface area contributed by atoms with E-state index in [0.29, 0.717) is 30.0 Å². The van der Waals surface area contributed by atoms with Crippen molar-refractivity contribution in [3.63, 3.8) is 0 Å². The van der Waals surface area contributed by atoms with E-state index in [0.717, 1.165) is 36.8 Å². The molecule has 0 bridgehead atoms. The van der Waals surface area contributed by atoms with Crippen LogP contribution in [0.2, 0.25) is 0 Å². The molecular weight excluding hydrogens is 368 g/mol. The lowest BCUT2D eigenvalue weighted by Crippen LogP contribution is -2.59. The third kappa shape index (κ3) is 2.68. The maximum absolute atomic E-state index is 13.2. The summed E-state index contributed by atoms with van der Waals surface area (Å²) in [7, 11) is 0. The summed E-state index contributed by atoms with van der Waals surface area (Å²) in [4.78, 5) is 13.2. The Kier molecular flexibility index (Phi) is 4.47. The Bertz CT molecular complexity index is 883. The molecule has 0 heterocycles. The van der Waals surface area contributed by atoms with E-state index >= 15 is 0 Å². The molecule has 2 nitrogen and oxygen atoms in total. The molecule has 0 radical (unpaired) electrons. The molecule has 0 unspecified atom stereocenters. The van der Waals surface area contributed by atoms with Crippen LogP contribution in [0.4, 0.5) is 0 Å². The first-order valence-electron chi connectivity index (χ1n) is 12.1. The number of allylic oxidation sites excluding steroid dienone is 1. The first kappa shape index (κ1) is 20.5. The Labute approximate surface area is 182 Å². The van der Waals surface area contributed by atoms with Gasteiger partial charge in [-0.05, 0) is 103 Å². The minimum absolute atomic E-state index is 0.0610. The summed E-state index contributed by atoms with van der Waals surface area (Å²) in [5.41, 5.74) is 1.99. The average Bonchev–Trinajstić information content (AvgIpc) is 2.94. The van der Waals surface area contributed by atoms with Crippen molar-refractivity contribution in [2.75, 3.05) is 0 Å². The number of fused-ring (bicyclic) bond motifs is 5. The van der Waals surface area contributed by atoms with E-state index in [2.05, 4.69) is 58.0 Å². The van der Waals surface area contributed by atoms with Gasteiger partial charge in [0.1, 0.15) is 0 Å². The first-order valence-corrected chi connectivity index (χ1v) is 12.1. The first-order chi connectivity index (χ1) is 14.1. The van der Waals surface area contributed by atoms with Crippen molar-refractivity contribution >= 4 is 11.9 Å². The van der Waals surface area contributed by atoms with Crippen molar-refractivity contribution in [1.82, 2.24) is 0 Å². The molecule has 2 heteroatoms. The van der Waals surface area contributed by atoms with Gasteiger partial charge in [-0.3, -0.25) is 4.79 Å². The zero-order valence-corrected chi connectivity index (χ0v) is 19.2. The van der Waals surface area contributed by atoms with Gasteiger partial charge >= 0.3 is 0 Å². The molecule has 0 saturated heterocycles. The largest absolute Gasteiger partial charge is 0.390 e. The monoisotopic (exact) mass is 406 g/mol. The second-order valence-corrected chi connectivity index (χ2v) is 12.0. The maximum atomic E-state index is 13.2. The highest BCUT2D eigenvalue weighted by molar-refractivity contribution is 6.01. The Morgan fingerprint density at radius 1 is 0.867 bits per heavy atom. The second kappa shape index (κ2) is 6.55. The minimum atomic E-state index is -0.523. The van der Waals surface area contributed by atoms with Crippen LogP contribution in [0.3, 0.4) is 0 Å². The molecule has 4 fully saturated rings. The fraction of sp³-hybridized carbons (Fsp3) is 0.679. The van der Waals surface area contributed by atoms with Gasteiger partial charge in [-0.1, -0.05) is 51.1 Å². The molecule has 1 aromatic rings. The predicted octanol–water partition coefficient (Wildman–Crippen LogP) is 6.43. The van der Waals surface area contributed by atoms with Crippen molar-refractivity contribution in [3.05, 3.63) is 41.5 Å². The number of hydrogen-bond acceptors (Lipinski definition) is 2. The van der Waals surface area contributed by atoms with Gasteiger partial charge in [-0.2, -0.15) is 0 Å². The standard InChI is InChI=1S/C28H38O2/c1-25-13-10-21-22-12-15-28(4,30)26(22,2)14-11-23(21)27(25,3)17-20(24(29)18-25)16-19-8-6-5-7-9-19/h5-9,16,21-23,30H,10-15,17-18H2,1-4H3/b20-16+/t21-,22+,23-,25+,26+,27+,28+/m1/s1. The van der Waals surface area contributed by atoms with Crippen molar-refractivity contribution in [2.45, 2.75) is 84.7 Å². The summed E-state index contributed by atoms with van der Waals surface area (Å²) in [6.07, 6.45) is 10.6. The molecule has 30 heavy (non-hydrogen) atoms. The molecule has 0 aliphatic heterocycles. The van der Waals surface area contributed by atoms with Gasteiger partial charge in [0.25, 0.3) is 0 Å². The van der Waals surface area contributed by atoms with E-state index in [1.165, 1.54) is 19.3 Å². The molecule has 0 aromatic heterocycles. The highest BCUT2D eigenvalue weighted by atomic mass is 16.3. The average molecular weight is 407 g/mol. The summed E-state index contributed by atoms with van der Waals surface area (Å²) in [5.74, 6) is 2.35. The molecule has 162 valence electrons. The fourth-order valence-electron chi connectivity index (χ4n) is 8.42. The number of Topliss-reactive ketones (excluding diaryl/α,β-unsaturated/α-hetero) is 1. The van der Waals surface area contributed by atoms with Crippen molar-refractivity contribution in [1.29, 1.82) is 0 Å². The van der Waals surface area contributed by atoms with E-state index < -0.39 is 5.60 Å². The van der Waals surface area contributed by atoms with Crippen LogP contribution in [0.25, 0.3) is 6.08 Å². The van der Waals surface area contributed by atoms with Gasteiger partial charge in [0.15, 0.2) is 5.78 Å². The normalized spacial score (nSPS) is 49.4.